The molecular formula is C51H74N2O15. The van der Waals surface area contributed by atoms with Crippen molar-refractivity contribution in [3.05, 3.63) is 120 Å². The van der Waals surface area contributed by atoms with E-state index in [1.165, 1.54) is 7.11 Å². The van der Waals surface area contributed by atoms with Gasteiger partial charge in [0.1, 0.15) is 43.7 Å². The molecule has 17 heteroatoms. The fourth-order valence-electron chi connectivity index (χ4n) is 6.12. The number of aliphatic hydroxyl groups is 1. The number of methoxy groups -OCH3 is 1. The Labute approximate surface area is 402 Å². The van der Waals surface area contributed by atoms with Crippen LogP contribution in [0.4, 0.5) is 9.59 Å². The van der Waals surface area contributed by atoms with E-state index >= 15 is 0 Å². The van der Waals surface area contributed by atoms with Gasteiger partial charge in [-0.15, -0.1) is 0 Å². The van der Waals surface area contributed by atoms with Gasteiger partial charge in [0.2, 0.25) is 0 Å². The Kier molecular flexibility index (Phi) is 28.6. The number of aliphatic hydroxyl groups excluding tert-OH is 1. The van der Waals surface area contributed by atoms with Crippen molar-refractivity contribution in [3.8, 4) is 0 Å². The zero-order valence-corrected chi connectivity index (χ0v) is 40.9. The van der Waals surface area contributed by atoms with Crippen LogP contribution in [-0.4, -0.2) is 138 Å². The van der Waals surface area contributed by atoms with Crippen LogP contribution in [0.5, 0.6) is 0 Å². The molecule has 0 unspecified atom stereocenters. The van der Waals surface area contributed by atoms with Gasteiger partial charge in [-0.25, -0.2) is 19.2 Å². The van der Waals surface area contributed by atoms with Crippen molar-refractivity contribution in [3.63, 3.8) is 0 Å². The molecule has 0 aliphatic carbocycles. The molecule has 0 saturated carbocycles. The lowest BCUT2D eigenvalue weighted by atomic mass is 10.1. The van der Waals surface area contributed by atoms with Crippen LogP contribution in [0.2, 0.25) is 0 Å². The van der Waals surface area contributed by atoms with Crippen molar-refractivity contribution < 1.29 is 71.7 Å². The van der Waals surface area contributed by atoms with Crippen LogP contribution in [0.15, 0.2) is 109 Å². The van der Waals surface area contributed by atoms with E-state index in [4.69, 9.17) is 47.4 Å². The second-order valence-corrected chi connectivity index (χ2v) is 16.6. The molecule has 68 heavy (non-hydrogen) atoms. The first-order valence-corrected chi connectivity index (χ1v) is 22.6. The Hall–Kier alpha value is -5.40. The van der Waals surface area contributed by atoms with Crippen LogP contribution in [0.25, 0.3) is 0 Å². The number of benzene rings is 2. The summed E-state index contributed by atoms with van der Waals surface area (Å²) in [6.07, 6.45) is -4.43. The quantitative estimate of drug-likeness (QED) is 0.0483. The summed E-state index contributed by atoms with van der Waals surface area (Å²) in [7, 11) is 1.21. The first-order valence-electron chi connectivity index (χ1n) is 22.6. The summed E-state index contributed by atoms with van der Waals surface area (Å²) >= 11 is 0. The molecule has 0 aromatic heterocycles. The molecule has 1 saturated heterocycles. The number of ether oxygens (including phenoxy) is 10. The summed E-state index contributed by atoms with van der Waals surface area (Å²) in [6, 6.07) is 16.3. The first kappa shape index (κ1) is 58.7. The Morgan fingerprint density at radius 3 is 1.82 bits per heavy atom. The molecule has 1 aliphatic heterocycles. The number of carbonyl (C=O) groups excluding carboxylic acids is 4. The number of amides is 2. The van der Waals surface area contributed by atoms with E-state index in [0.717, 1.165) is 33.4 Å². The maximum absolute atomic E-state index is 12.9. The van der Waals surface area contributed by atoms with E-state index in [0.29, 0.717) is 26.1 Å². The van der Waals surface area contributed by atoms with Crippen LogP contribution in [0.3, 0.4) is 0 Å². The fraction of sp³-hybridized carbons (Fsp3) is 0.529. The number of cyclic esters (lactones) is 1. The third kappa shape index (κ3) is 24.1. The predicted molar refractivity (Wildman–Crippen MR) is 255 cm³/mol. The molecule has 3 rings (SSSR count). The van der Waals surface area contributed by atoms with Gasteiger partial charge in [-0.1, -0.05) is 123 Å². The molecule has 3 N–H and O–H groups in total. The molecule has 1 fully saturated rings. The highest BCUT2D eigenvalue weighted by atomic mass is 16.6. The molecule has 17 nitrogen and oxygen atoms in total. The molecule has 2 amide bonds. The van der Waals surface area contributed by atoms with E-state index in [2.05, 4.69) is 36.9 Å². The number of nitrogens with one attached hydrogen (secondary N) is 2. The van der Waals surface area contributed by atoms with Crippen molar-refractivity contribution in [2.24, 2.45) is 0 Å². The molecule has 0 bridgehead atoms. The van der Waals surface area contributed by atoms with Crippen LogP contribution < -0.4 is 10.6 Å². The van der Waals surface area contributed by atoms with Gasteiger partial charge in [0.25, 0.3) is 0 Å². The highest BCUT2D eigenvalue weighted by Gasteiger charge is 2.38. The number of rotatable bonds is 27. The molecule has 8 atom stereocenters. The minimum atomic E-state index is -1.10. The summed E-state index contributed by atoms with van der Waals surface area (Å²) in [5.74, 6) is -1.31. The van der Waals surface area contributed by atoms with Gasteiger partial charge >= 0.3 is 24.1 Å². The predicted octanol–water partition coefficient (Wildman–Crippen LogP) is 6.72. The maximum atomic E-state index is 12.9. The monoisotopic (exact) mass is 955 g/mol. The second kappa shape index (κ2) is 33.2. The Morgan fingerprint density at radius 1 is 0.750 bits per heavy atom. The third-order valence-electron chi connectivity index (χ3n) is 9.61. The highest BCUT2D eigenvalue weighted by Crippen LogP contribution is 2.21. The Balaban J connectivity index is 0.000000467. The zero-order valence-electron chi connectivity index (χ0n) is 40.9. The molecular weight excluding hydrogens is 881 g/mol. The van der Waals surface area contributed by atoms with Crippen molar-refractivity contribution in [1.29, 1.82) is 0 Å². The van der Waals surface area contributed by atoms with Crippen molar-refractivity contribution in [2.45, 2.75) is 116 Å². The van der Waals surface area contributed by atoms with Crippen LogP contribution in [0, 0.1) is 0 Å². The summed E-state index contributed by atoms with van der Waals surface area (Å²) in [5.41, 5.74) is 4.90. The smallest absolute Gasteiger partial charge is 0.408 e. The third-order valence-corrected chi connectivity index (χ3v) is 9.61. The Bertz CT molecular complexity index is 1860. The van der Waals surface area contributed by atoms with Gasteiger partial charge < -0.3 is 63.1 Å². The van der Waals surface area contributed by atoms with Gasteiger partial charge in [0, 0.05) is 0 Å². The number of hydrogen-bond donors (Lipinski definition) is 3. The summed E-state index contributed by atoms with van der Waals surface area (Å²) in [5, 5.41) is 15.5. The minimum Gasteiger partial charge on any atom is -0.467 e. The van der Waals surface area contributed by atoms with Crippen LogP contribution in [-0.2, 0) is 70.2 Å². The fourth-order valence-corrected chi connectivity index (χ4v) is 6.12. The van der Waals surface area contributed by atoms with Gasteiger partial charge in [-0.3, -0.25) is 0 Å². The van der Waals surface area contributed by atoms with Gasteiger partial charge in [-0.05, 0) is 51.7 Å². The lowest BCUT2D eigenvalue weighted by Gasteiger charge is -2.32. The van der Waals surface area contributed by atoms with Gasteiger partial charge in [0.15, 0.2) is 12.1 Å². The maximum Gasteiger partial charge on any atom is 0.408 e. The number of alkyl carbamates (subject to hydrolysis) is 2. The van der Waals surface area contributed by atoms with E-state index in [9.17, 15) is 24.3 Å². The SMILES string of the molecule is C=C(C)CO[C@@H]1[C@@H](OCC(=C)C)COC[C@H](NC(=O)OCc2ccccc2)C(=O)O[C@H]1CC.C=C(C)CO[C@H]([C@H](COC[C@H](NC(=O)OCc1ccccc1)C(=O)OC)OCC(=C)C)[C@@H](O)CC. The number of carbonyl (C=O) groups is 4. The van der Waals surface area contributed by atoms with Crippen LogP contribution in [0.1, 0.15) is 65.5 Å². The lowest BCUT2D eigenvalue weighted by molar-refractivity contribution is -0.168. The molecule has 2 aromatic carbocycles. The van der Waals surface area contributed by atoms with Gasteiger partial charge in [-0.2, -0.15) is 0 Å². The first-order chi connectivity index (χ1) is 32.5. The molecule has 1 aliphatic rings. The average molecular weight is 955 g/mol. The van der Waals surface area contributed by atoms with Crippen molar-refractivity contribution in [1.82, 2.24) is 10.6 Å². The van der Waals surface area contributed by atoms with E-state index < -0.39 is 72.8 Å². The average Bonchev–Trinajstić information content (AvgIpc) is 3.37. The second-order valence-electron chi connectivity index (χ2n) is 16.6. The summed E-state index contributed by atoms with van der Waals surface area (Å²) in [6.45, 7) is 27.5. The topological polar surface area (TPSA) is 205 Å². The largest absolute Gasteiger partial charge is 0.467 e. The highest BCUT2D eigenvalue weighted by molar-refractivity contribution is 5.82. The van der Waals surface area contributed by atoms with Crippen molar-refractivity contribution in [2.75, 3.05) is 60.0 Å². The van der Waals surface area contributed by atoms with Crippen LogP contribution >= 0.6 is 0 Å². The standard InChI is InChI=1S/C26H39NO8.C25H35NO7/c1-7-22(28)24(34-14-19(4)5)23(33-13-18(2)3)17-32-16-21(25(29)31-6)27-26(30)35-15-20-11-9-8-10-12-20;1-6-21-23(31-13-18(4)5)22(30-12-17(2)3)16-29-15-20(24(27)33-21)26-25(28)32-14-19-10-8-7-9-11-19/h8-12,21-24,28H,2,4,7,13-17H2,1,3,5-6H3,(H,27,30);7-11,20-23H,2,4,6,12-16H2,1,3,5H3,(H,26,28)/t21-,22-,23-,24-;20-,21-,22-,23-/m00/s1. The van der Waals surface area contributed by atoms with E-state index in [1.807, 2.05) is 102 Å². The number of hydrogen-bond acceptors (Lipinski definition) is 15. The molecule has 0 radical (unpaired) electrons. The Morgan fingerprint density at radius 2 is 1.29 bits per heavy atom. The van der Waals surface area contributed by atoms with E-state index in [1.54, 1.807) is 0 Å². The van der Waals surface area contributed by atoms with E-state index in [-0.39, 0.29) is 52.9 Å². The zero-order chi connectivity index (χ0) is 50.4. The van der Waals surface area contributed by atoms with Crippen molar-refractivity contribution >= 4 is 24.1 Å². The lowest BCUT2D eigenvalue weighted by Crippen LogP contribution is -2.47. The van der Waals surface area contributed by atoms with Gasteiger partial charge in [0.05, 0.1) is 66.1 Å². The molecule has 378 valence electrons. The molecule has 2 aromatic rings. The normalized spacial score (nSPS) is 18.7. The minimum absolute atomic E-state index is 0.0145. The summed E-state index contributed by atoms with van der Waals surface area (Å²) in [4.78, 5) is 49.5. The summed E-state index contributed by atoms with van der Waals surface area (Å²) < 4.78 is 56.1. The number of esters is 2. The molecule has 0 spiro atoms. The molecule has 1 heterocycles.